The van der Waals surface area contributed by atoms with Crippen molar-refractivity contribution in [2.75, 3.05) is 5.75 Å². The molecular formula is C14H20N4S. The van der Waals surface area contributed by atoms with Crippen LogP contribution in [0.25, 0.3) is 0 Å². The molecular weight excluding hydrogens is 256 g/mol. The summed E-state index contributed by atoms with van der Waals surface area (Å²) in [5.41, 5.74) is 4.06. The van der Waals surface area contributed by atoms with Gasteiger partial charge in [0.15, 0.2) is 0 Å². The predicted molar refractivity (Wildman–Crippen MR) is 79.8 cm³/mol. The highest BCUT2D eigenvalue weighted by Crippen LogP contribution is 2.22. The zero-order chi connectivity index (χ0) is 13.7. The van der Waals surface area contributed by atoms with Crippen LogP contribution in [0.4, 0.5) is 0 Å². The number of hydrogen-bond acceptors (Lipinski definition) is 4. The molecule has 1 unspecified atom stereocenters. The number of rotatable bonds is 6. The summed E-state index contributed by atoms with van der Waals surface area (Å²) in [7, 11) is 2.00. The largest absolute Gasteiger partial charge is 0.338 e. The maximum Gasteiger partial charge on any atom is 0.110 e. The third-order valence-electron chi connectivity index (χ3n) is 3.10. The topological polar surface area (TPSA) is 55.9 Å². The van der Waals surface area contributed by atoms with E-state index in [-0.39, 0.29) is 6.04 Å². The summed E-state index contributed by atoms with van der Waals surface area (Å²) >= 11 is 1.84. The van der Waals surface area contributed by atoms with Crippen LogP contribution in [0.5, 0.6) is 0 Å². The van der Waals surface area contributed by atoms with Crippen molar-refractivity contribution in [3.8, 4) is 0 Å². The maximum atomic E-state index is 5.68. The van der Waals surface area contributed by atoms with Crippen molar-refractivity contribution >= 4 is 11.8 Å². The van der Waals surface area contributed by atoms with Gasteiger partial charge in [-0.25, -0.2) is 4.98 Å². The Labute approximate surface area is 118 Å². The molecule has 2 aromatic rings. The first kappa shape index (κ1) is 14.1. The van der Waals surface area contributed by atoms with Gasteiger partial charge in [0, 0.05) is 30.8 Å². The van der Waals surface area contributed by atoms with E-state index in [9.17, 15) is 0 Å². The number of benzene rings is 1. The lowest BCUT2D eigenvalue weighted by molar-refractivity contribution is 0.530. The number of nitrogens with zero attached hydrogens (tertiary/aromatic N) is 2. The smallest absolute Gasteiger partial charge is 0.110 e. The number of aromatic nitrogens is 2. The third kappa shape index (κ3) is 3.59. The van der Waals surface area contributed by atoms with Gasteiger partial charge in [0.2, 0.25) is 0 Å². The average Bonchev–Trinajstić information content (AvgIpc) is 2.83. The molecule has 0 aliphatic carbocycles. The Morgan fingerprint density at radius 2 is 2.11 bits per heavy atom. The second kappa shape index (κ2) is 6.75. The van der Waals surface area contributed by atoms with E-state index in [4.69, 9.17) is 5.84 Å². The Morgan fingerprint density at radius 1 is 1.37 bits per heavy atom. The number of nitrogens with two attached hydrogens (primary N) is 1. The van der Waals surface area contributed by atoms with Gasteiger partial charge in [-0.1, -0.05) is 19.1 Å². The van der Waals surface area contributed by atoms with Crippen molar-refractivity contribution in [2.24, 2.45) is 12.9 Å². The van der Waals surface area contributed by atoms with Crippen LogP contribution in [0.3, 0.4) is 0 Å². The van der Waals surface area contributed by atoms with E-state index in [1.807, 2.05) is 35.8 Å². The summed E-state index contributed by atoms with van der Waals surface area (Å²) < 4.78 is 2.02. The van der Waals surface area contributed by atoms with E-state index in [0.717, 1.165) is 18.0 Å². The lowest BCUT2D eigenvalue weighted by Gasteiger charge is -2.16. The summed E-state index contributed by atoms with van der Waals surface area (Å²) in [4.78, 5) is 5.63. The van der Waals surface area contributed by atoms with Gasteiger partial charge in [-0.15, -0.1) is 11.8 Å². The van der Waals surface area contributed by atoms with Crippen LogP contribution in [0.2, 0.25) is 0 Å². The molecule has 0 fully saturated rings. The van der Waals surface area contributed by atoms with Gasteiger partial charge < -0.3 is 4.57 Å². The van der Waals surface area contributed by atoms with Crippen molar-refractivity contribution in [1.82, 2.24) is 15.0 Å². The normalized spacial score (nSPS) is 12.6. The highest BCUT2D eigenvalue weighted by atomic mass is 32.2. The predicted octanol–water partition coefficient (Wildman–Crippen LogP) is 2.28. The van der Waals surface area contributed by atoms with Crippen molar-refractivity contribution in [1.29, 1.82) is 0 Å². The van der Waals surface area contributed by atoms with Crippen LogP contribution in [-0.4, -0.2) is 15.3 Å². The zero-order valence-electron chi connectivity index (χ0n) is 11.3. The third-order valence-corrected chi connectivity index (χ3v) is 4.00. The SMILES string of the molecule is CCSc1ccc(C(Cc2nccn2C)NN)cc1. The van der Waals surface area contributed by atoms with Crippen molar-refractivity contribution in [3.63, 3.8) is 0 Å². The quantitative estimate of drug-likeness (QED) is 0.483. The lowest BCUT2D eigenvalue weighted by atomic mass is 10.0. The molecule has 0 radical (unpaired) electrons. The minimum Gasteiger partial charge on any atom is -0.338 e. The van der Waals surface area contributed by atoms with E-state index >= 15 is 0 Å². The fraction of sp³-hybridized carbons (Fsp3) is 0.357. The number of hydrazine groups is 1. The van der Waals surface area contributed by atoms with Crippen LogP contribution < -0.4 is 11.3 Å². The Morgan fingerprint density at radius 3 is 2.63 bits per heavy atom. The fourth-order valence-corrected chi connectivity index (χ4v) is 2.67. The van der Waals surface area contributed by atoms with Crippen LogP contribution in [-0.2, 0) is 13.5 Å². The minimum absolute atomic E-state index is 0.0850. The molecule has 102 valence electrons. The molecule has 2 rings (SSSR count). The summed E-state index contributed by atoms with van der Waals surface area (Å²) in [5, 5.41) is 0. The maximum absolute atomic E-state index is 5.68. The average molecular weight is 276 g/mol. The van der Waals surface area contributed by atoms with E-state index < -0.39 is 0 Å². The monoisotopic (exact) mass is 276 g/mol. The molecule has 0 amide bonds. The molecule has 5 heteroatoms. The van der Waals surface area contributed by atoms with E-state index in [2.05, 4.69) is 41.6 Å². The molecule has 0 saturated carbocycles. The molecule has 0 spiro atoms. The number of nitrogens with one attached hydrogen (secondary N) is 1. The minimum atomic E-state index is 0.0850. The van der Waals surface area contributed by atoms with Gasteiger partial charge in [-0.2, -0.15) is 0 Å². The molecule has 19 heavy (non-hydrogen) atoms. The van der Waals surface area contributed by atoms with Crippen molar-refractivity contribution < 1.29 is 0 Å². The number of hydrogen-bond donors (Lipinski definition) is 2. The van der Waals surface area contributed by atoms with Gasteiger partial charge in [0.25, 0.3) is 0 Å². The highest BCUT2D eigenvalue weighted by Gasteiger charge is 2.13. The first-order chi connectivity index (χ1) is 9.24. The van der Waals surface area contributed by atoms with E-state index in [1.54, 1.807) is 0 Å². The molecule has 1 aromatic heterocycles. The van der Waals surface area contributed by atoms with Crippen LogP contribution in [0.15, 0.2) is 41.6 Å². The van der Waals surface area contributed by atoms with Gasteiger partial charge in [-0.05, 0) is 23.4 Å². The summed E-state index contributed by atoms with van der Waals surface area (Å²) in [5.74, 6) is 7.79. The number of imidazole rings is 1. The summed E-state index contributed by atoms with van der Waals surface area (Å²) in [6.45, 7) is 2.16. The molecule has 4 nitrogen and oxygen atoms in total. The first-order valence-corrected chi connectivity index (χ1v) is 7.38. The van der Waals surface area contributed by atoms with Crippen LogP contribution in [0, 0.1) is 0 Å². The Bertz CT molecular complexity index is 506. The second-order valence-corrected chi connectivity index (χ2v) is 5.72. The second-order valence-electron chi connectivity index (χ2n) is 4.38. The van der Waals surface area contributed by atoms with Gasteiger partial charge in [0.05, 0.1) is 6.04 Å². The molecule has 0 bridgehead atoms. The lowest BCUT2D eigenvalue weighted by Crippen LogP contribution is -2.30. The van der Waals surface area contributed by atoms with Crippen molar-refractivity contribution in [3.05, 3.63) is 48.0 Å². The molecule has 0 saturated heterocycles. The first-order valence-electron chi connectivity index (χ1n) is 6.39. The van der Waals surface area contributed by atoms with Crippen molar-refractivity contribution in [2.45, 2.75) is 24.3 Å². The Balaban J connectivity index is 2.11. The number of aryl methyl sites for hydroxylation is 1. The standard InChI is InChI=1S/C14H20N4S/c1-3-19-12-6-4-11(5-7-12)13(17-15)10-14-16-8-9-18(14)2/h4-9,13,17H,3,10,15H2,1-2H3. The highest BCUT2D eigenvalue weighted by molar-refractivity contribution is 7.99. The molecule has 3 N–H and O–H groups in total. The number of thioether (sulfide) groups is 1. The summed E-state index contributed by atoms with van der Waals surface area (Å²) in [6.07, 6.45) is 4.54. The van der Waals surface area contributed by atoms with E-state index in [1.165, 1.54) is 10.5 Å². The molecule has 1 aromatic carbocycles. The van der Waals surface area contributed by atoms with Crippen LogP contribution in [0.1, 0.15) is 24.4 Å². The molecule has 1 heterocycles. The molecule has 0 aliphatic rings. The fourth-order valence-electron chi connectivity index (χ4n) is 2.01. The van der Waals surface area contributed by atoms with E-state index in [0.29, 0.717) is 0 Å². The zero-order valence-corrected chi connectivity index (χ0v) is 12.2. The van der Waals surface area contributed by atoms with Gasteiger partial charge in [0.1, 0.15) is 5.82 Å². The Hall–Kier alpha value is -1.30. The Kier molecular flexibility index (Phi) is 5.01. The van der Waals surface area contributed by atoms with Gasteiger partial charge >= 0.3 is 0 Å². The van der Waals surface area contributed by atoms with Gasteiger partial charge in [-0.3, -0.25) is 11.3 Å². The summed E-state index contributed by atoms with van der Waals surface area (Å²) in [6, 6.07) is 8.64. The van der Waals surface area contributed by atoms with Crippen LogP contribution >= 0.6 is 11.8 Å². The molecule has 0 aliphatic heterocycles. The molecule has 1 atom stereocenters.